The van der Waals surface area contributed by atoms with E-state index in [9.17, 15) is 13.2 Å². The van der Waals surface area contributed by atoms with Crippen LogP contribution in [0.15, 0.2) is 77.7 Å². The molecule has 0 spiro atoms. The van der Waals surface area contributed by atoms with Crippen LogP contribution in [0, 0.1) is 0 Å². The van der Waals surface area contributed by atoms with Crippen LogP contribution in [0.5, 0.6) is 0 Å². The van der Waals surface area contributed by atoms with Crippen LogP contribution in [-0.2, 0) is 14.8 Å². The molecule has 0 saturated heterocycles. The number of sulfonamides is 1. The lowest BCUT2D eigenvalue weighted by Gasteiger charge is -2.11. The van der Waals surface area contributed by atoms with Crippen molar-refractivity contribution in [3.05, 3.63) is 78.4 Å². The molecule has 132 valence electrons. The second-order valence-electron chi connectivity index (χ2n) is 5.51. The largest absolute Gasteiger partial charge is 0.288 e. The number of hydroxylamine groups is 1. The second kappa shape index (κ2) is 7.38. The minimum absolute atomic E-state index is 0.0667. The molecule has 0 aromatic heterocycles. The van der Waals surface area contributed by atoms with Crippen molar-refractivity contribution in [2.45, 2.75) is 4.90 Å². The minimum atomic E-state index is -3.81. The highest BCUT2D eigenvalue weighted by Gasteiger charge is 2.15. The maximum Gasteiger partial charge on any atom is 0.267 e. The highest BCUT2D eigenvalue weighted by atomic mass is 32.2. The Labute approximate surface area is 150 Å². The van der Waals surface area contributed by atoms with Gasteiger partial charge in [0.15, 0.2) is 0 Å². The van der Waals surface area contributed by atoms with Gasteiger partial charge in [-0.2, -0.15) is 0 Å². The Hall–Kier alpha value is -3.16. The van der Waals surface area contributed by atoms with Gasteiger partial charge in [0.2, 0.25) is 0 Å². The van der Waals surface area contributed by atoms with Crippen molar-refractivity contribution in [1.29, 1.82) is 0 Å². The van der Waals surface area contributed by atoms with Gasteiger partial charge in [0.05, 0.1) is 10.6 Å². The number of hydrogen-bond acceptors (Lipinski definition) is 4. The predicted octanol–water partition coefficient (Wildman–Crippen LogP) is 3.16. The third-order valence-electron chi connectivity index (χ3n) is 3.74. The molecule has 0 atom stereocenters. The predicted molar refractivity (Wildman–Crippen MR) is 100 cm³/mol. The van der Waals surface area contributed by atoms with E-state index >= 15 is 0 Å². The van der Waals surface area contributed by atoms with Crippen LogP contribution in [-0.4, -0.2) is 19.5 Å². The number of hydrogen-bond donors (Lipinski definition) is 3. The molecule has 0 radical (unpaired) electrons. The topological polar surface area (TPSA) is 95.5 Å². The summed E-state index contributed by atoms with van der Waals surface area (Å²) in [6, 6.07) is 19.0. The quantitative estimate of drug-likeness (QED) is 0.366. The Morgan fingerprint density at radius 2 is 1.69 bits per heavy atom. The molecule has 26 heavy (non-hydrogen) atoms. The van der Waals surface area contributed by atoms with Crippen molar-refractivity contribution in [1.82, 2.24) is 5.48 Å². The molecule has 0 unspecified atom stereocenters. The molecule has 1 amide bonds. The van der Waals surface area contributed by atoms with Gasteiger partial charge in [0, 0.05) is 11.5 Å². The number of amides is 1. The van der Waals surface area contributed by atoms with Crippen LogP contribution in [0.3, 0.4) is 0 Å². The normalized spacial score (nSPS) is 11.6. The first-order valence-electron chi connectivity index (χ1n) is 7.72. The summed E-state index contributed by atoms with van der Waals surface area (Å²) >= 11 is 0. The maximum atomic E-state index is 12.7. The summed E-state index contributed by atoms with van der Waals surface area (Å²) in [7, 11) is -3.81. The molecule has 0 saturated carbocycles. The lowest BCUT2D eigenvalue weighted by atomic mass is 10.1. The molecular formula is C19H16N2O4S. The van der Waals surface area contributed by atoms with Gasteiger partial charge in [-0.3, -0.25) is 14.7 Å². The fourth-order valence-corrected chi connectivity index (χ4v) is 3.65. The molecule has 0 aliphatic carbocycles. The zero-order valence-corrected chi connectivity index (χ0v) is 14.4. The van der Waals surface area contributed by atoms with Crippen molar-refractivity contribution in [2.75, 3.05) is 4.72 Å². The molecule has 3 aromatic carbocycles. The Balaban J connectivity index is 1.93. The summed E-state index contributed by atoms with van der Waals surface area (Å²) in [6.45, 7) is 0. The summed E-state index contributed by atoms with van der Waals surface area (Å²) in [6.07, 6.45) is 2.51. The highest BCUT2D eigenvalue weighted by Crippen LogP contribution is 2.25. The average molecular weight is 368 g/mol. The molecule has 0 aliphatic heterocycles. The fraction of sp³-hybridized carbons (Fsp3) is 0. The van der Waals surface area contributed by atoms with E-state index < -0.39 is 15.9 Å². The number of rotatable bonds is 5. The first-order valence-corrected chi connectivity index (χ1v) is 9.21. The molecule has 0 heterocycles. The van der Waals surface area contributed by atoms with Gasteiger partial charge in [0.1, 0.15) is 0 Å². The Morgan fingerprint density at radius 1 is 0.962 bits per heavy atom. The van der Waals surface area contributed by atoms with Crippen molar-refractivity contribution in [3.8, 4) is 0 Å². The van der Waals surface area contributed by atoms with E-state index in [4.69, 9.17) is 5.21 Å². The average Bonchev–Trinajstić information content (AvgIpc) is 2.66. The fourth-order valence-electron chi connectivity index (χ4n) is 2.51. The van der Waals surface area contributed by atoms with E-state index in [1.165, 1.54) is 23.7 Å². The molecule has 3 aromatic rings. The van der Waals surface area contributed by atoms with Crippen LogP contribution in [0.25, 0.3) is 16.8 Å². The Morgan fingerprint density at radius 3 is 2.50 bits per heavy atom. The van der Waals surface area contributed by atoms with E-state index in [-0.39, 0.29) is 4.90 Å². The van der Waals surface area contributed by atoms with Crippen molar-refractivity contribution in [2.24, 2.45) is 0 Å². The van der Waals surface area contributed by atoms with E-state index in [0.29, 0.717) is 11.3 Å². The molecule has 0 bridgehead atoms. The van der Waals surface area contributed by atoms with Crippen LogP contribution >= 0.6 is 0 Å². The van der Waals surface area contributed by atoms with Crippen molar-refractivity contribution >= 4 is 38.5 Å². The molecule has 3 N–H and O–H groups in total. The molecule has 0 fully saturated rings. The smallest absolute Gasteiger partial charge is 0.267 e. The third kappa shape index (κ3) is 3.90. The summed E-state index contributed by atoms with van der Waals surface area (Å²) < 4.78 is 28.1. The van der Waals surface area contributed by atoms with E-state index in [2.05, 4.69) is 4.72 Å². The van der Waals surface area contributed by atoms with Gasteiger partial charge in [-0.05, 0) is 35.2 Å². The van der Waals surface area contributed by atoms with Gasteiger partial charge in [-0.15, -0.1) is 0 Å². The summed E-state index contributed by atoms with van der Waals surface area (Å²) in [4.78, 5) is 11.1. The Kier molecular flexibility index (Phi) is 5.01. The number of fused-ring (bicyclic) bond motifs is 1. The summed E-state index contributed by atoms with van der Waals surface area (Å²) in [5.74, 6) is -0.702. The van der Waals surface area contributed by atoms with Crippen LogP contribution in [0.1, 0.15) is 5.56 Å². The summed E-state index contributed by atoms with van der Waals surface area (Å²) in [5, 5.41) is 10.2. The Bertz CT molecular complexity index is 1090. The van der Waals surface area contributed by atoms with Crippen LogP contribution in [0.4, 0.5) is 5.69 Å². The highest BCUT2D eigenvalue weighted by molar-refractivity contribution is 7.92. The van der Waals surface area contributed by atoms with Gasteiger partial charge < -0.3 is 0 Å². The lowest BCUT2D eigenvalue weighted by molar-refractivity contribution is -0.124. The number of carbonyl (C=O) groups excluding carboxylic acids is 1. The van der Waals surface area contributed by atoms with Gasteiger partial charge >= 0.3 is 0 Å². The SMILES string of the molecule is O=C(C=Cc1cccc(S(=O)(=O)Nc2cccc3ccccc23)c1)NO. The van der Waals surface area contributed by atoms with Crippen LogP contribution in [0.2, 0.25) is 0 Å². The van der Waals surface area contributed by atoms with Crippen molar-refractivity contribution in [3.63, 3.8) is 0 Å². The number of nitrogens with one attached hydrogen (secondary N) is 2. The molecule has 3 rings (SSSR count). The number of benzene rings is 3. The monoisotopic (exact) mass is 368 g/mol. The van der Waals surface area contributed by atoms with Gasteiger partial charge in [-0.25, -0.2) is 13.9 Å². The maximum absolute atomic E-state index is 12.7. The minimum Gasteiger partial charge on any atom is -0.288 e. The van der Waals surface area contributed by atoms with Crippen molar-refractivity contribution < 1.29 is 18.4 Å². The molecule has 6 nitrogen and oxygen atoms in total. The first-order chi connectivity index (χ1) is 12.5. The van der Waals surface area contributed by atoms with E-state index in [1.54, 1.807) is 24.3 Å². The van der Waals surface area contributed by atoms with Gasteiger partial charge in [0.25, 0.3) is 15.9 Å². The second-order valence-corrected chi connectivity index (χ2v) is 7.20. The van der Waals surface area contributed by atoms with Gasteiger partial charge in [-0.1, -0.05) is 48.5 Å². The lowest BCUT2D eigenvalue weighted by Crippen LogP contribution is -2.15. The number of anilines is 1. The molecular weight excluding hydrogens is 352 g/mol. The number of carbonyl (C=O) groups is 1. The molecule has 7 heteroatoms. The van der Waals surface area contributed by atoms with E-state index in [0.717, 1.165) is 16.8 Å². The molecule has 0 aliphatic rings. The third-order valence-corrected chi connectivity index (χ3v) is 5.10. The first kappa shape index (κ1) is 17.7. The zero-order valence-electron chi connectivity index (χ0n) is 13.6. The van der Waals surface area contributed by atoms with Crippen LogP contribution < -0.4 is 10.2 Å². The van der Waals surface area contributed by atoms with E-state index in [1.807, 2.05) is 30.3 Å². The standard InChI is InChI=1S/C19H16N2O4S/c22-19(20-23)12-11-14-5-3-8-16(13-14)26(24,25)21-18-10-4-7-15-6-1-2-9-17(15)18/h1-13,21,23H,(H,20,22). The zero-order chi connectivity index (χ0) is 18.6. The summed E-state index contributed by atoms with van der Waals surface area (Å²) in [5.41, 5.74) is 2.47.